The minimum atomic E-state index is -0.0926. The lowest BCUT2D eigenvalue weighted by molar-refractivity contribution is -0.131. The minimum absolute atomic E-state index is 0.0382. The average molecular weight is 436 g/mol. The molecule has 0 bridgehead atoms. The van der Waals surface area contributed by atoms with Crippen molar-refractivity contribution in [2.45, 2.75) is 19.1 Å². The first-order valence-corrected chi connectivity index (χ1v) is 11.5. The van der Waals surface area contributed by atoms with Gasteiger partial charge in [0.1, 0.15) is 5.69 Å². The van der Waals surface area contributed by atoms with Crippen LogP contribution >= 0.6 is 11.3 Å². The Hall–Kier alpha value is -2.74. The molecule has 2 aliphatic rings. The zero-order valence-corrected chi connectivity index (χ0v) is 18.0. The first-order valence-electron chi connectivity index (χ1n) is 10.7. The summed E-state index contributed by atoms with van der Waals surface area (Å²) in [5.41, 5.74) is 2.81. The van der Waals surface area contributed by atoms with Crippen LogP contribution in [0.1, 0.15) is 18.4 Å². The largest absolute Gasteiger partial charge is 0.350 e. The van der Waals surface area contributed by atoms with E-state index in [9.17, 15) is 4.79 Å². The molecular formula is C24H25N3O3S. The van der Waals surface area contributed by atoms with E-state index >= 15 is 0 Å². The van der Waals surface area contributed by atoms with E-state index < -0.39 is 0 Å². The smallest absolute Gasteiger partial charge is 0.246 e. The molecule has 4 heterocycles. The van der Waals surface area contributed by atoms with Crippen LogP contribution in [0.3, 0.4) is 0 Å². The molecule has 2 aliphatic heterocycles. The van der Waals surface area contributed by atoms with Crippen LogP contribution in [0.2, 0.25) is 0 Å². The monoisotopic (exact) mass is 435 g/mol. The number of para-hydroxylation sites is 1. The number of likely N-dealkylation sites (tertiary alicyclic amines) is 1. The van der Waals surface area contributed by atoms with Crippen molar-refractivity contribution in [3.8, 4) is 16.3 Å². The fourth-order valence-corrected chi connectivity index (χ4v) is 4.87. The molecule has 1 amide bonds. The van der Waals surface area contributed by atoms with Gasteiger partial charge in [-0.3, -0.25) is 4.79 Å². The number of benzene rings is 1. The predicted molar refractivity (Wildman–Crippen MR) is 121 cm³/mol. The van der Waals surface area contributed by atoms with Crippen molar-refractivity contribution >= 4 is 23.3 Å². The highest BCUT2D eigenvalue weighted by Gasteiger charge is 2.31. The number of aromatic nitrogens is 2. The zero-order valence-electron chi connectivity index (χ0n) is 17.2. The van der Waals surface area contributed by atoms with Gasteiger partial charge in [-0.15, -0.1) is 11.3 Å². The van der Waals surface area contributed by atoms with Crippen molar-refractivity contribution in [3.63, 3.8) is 0 Å². The number of piperidine rings is 1. The third-order valence-electron chi connectivity index (χ3n) is 5.81. The molecular weight excluding hydrogens is 410 g/mol. The van der Waals surface area contributed by atoms with Gasteiger partial charge in [0.2, 0.25) is 5.91 Å². The Labute approximate surface area is 185 Å². The van der Waals surface area contributed by atoms with Gasteiger partial charge in [0.15, 0.2) is 6.29 Å². The fraction of sp³-hybridized carbons (Fsp3) is 0.333. The molecule has 7 heteroatoms. The van der Waals surface area contributed by atoms with Crippen LogP contribution in [0.15, 0.2) is 60.1 Å². The highest BCUT2D eigenvalue weighted by atomic mass is 32.1. The molecule has 31 heavy (non-hydrogen) atoms. The molecule has 0 aliphatic carbocycles. The number of ether oxygens (including phenoxy) is 2. The molecule has 0 saturated carbocycles. The second-order valence-electron chi connectivity index (χ2n) is 7.80. The highest BCUT2D eigenvalue weighted by Crippen LogP contribution is 2.29. The van der Waals surface area contributed by atoms with E-state index in [4.69, 9.17) is 14.6 Å². The first-order chi connectivity index (χ1) is 15.3. The van der Waals surface area contributed by atoms with Gasteiger partial charge in [0.25, 0.3) is 0 Å². The van der Waals surface area contributed by atoms with Crippen LogP contribution in [0.25, 0.3) is 22.3 Å². The van der Waals surface area contributed by atoms with Gasteiger partial charge >= 0.3 is 0 Å². The van der Waals surface area contributed by atoms with Crippen LogP contribution in [-0.4, -0.2) is 53.2 Å². The van der Waals surface area contributed by atoms with Crippen molar-refractivity contribution in [3.05, 3.63) is 65.7 Å². The van der Waals surface area contributed by atoms with Gasteiger partial charge in [-0.05, 0) is 42.5 Å². The third kappa shape index (κ3) is 4.49. The standard InChI is InChI=1S/C24H25N3O3S/c28-22(26-12-10-18(11-13-26)24-29-14-15-30-24)9-8-19-17-27(20-5-2-1-3-6-20)25-23(19)21-7-4-16-31-21/h1-9,16-18,24H,10-15H2/b9-8+. The number of hydrogen-bond donors (Lipinski definition) is 0. The molecule has 6 nitrogen and oxygen atoms in total. The number of carbonyl (C=O) groups excluding carboxylic acids is 1. The summed E-state index contributed by atoms with van der Waals surface area (Å²) in [6.07, 6.45) is 7.28. The average Bonchev–Trinajstić information content (AvgIpc) is 3.60. The van der Waals surface area contributed by atoms with Gasteiger partial charge < -0.3 is 14.4 Å². The summed E-state index contributed by atoms with van der Waals surface area (Å²) in [6, 6.07) is 14.1. The summed E-state index contributed by atoms with van der Waals surface area (Å²) >= 11 is 1.64. The Morgan fingerprint density at radius 2 is 1.84 bits per heavy atom. The molecule has 160 valence electrons. The minimum Gasteiger partial charge on any atom is -0.350 e. The maximum Gasteiger partial charge on any atom is 0.246 e. The van der Waals surface area contributed by atoms with E-state index in [1.807, 2.05) is 63.6 Å². The summed E-state index contributed by atoms with van der Waals surface area (Å²) < 4.78 is 13.1. The first kappa shape index (κ1) is 20.2. The van der Waals surface area contributed by atoms with Gasteiger partial charge in [-0.1, -0.05) is 24.3 Å². The van der Waals surface area contributed by atoms with Crippen LogP contribution in [0, 0.1) is 5.92 Å². The molecule has 2 saturated heterocycles. The molecule has 0 radical (unpaired) electrons. The molecule has 0 unspecified atom stereocenters. The van der Waals surface area contributed by atoms with E-state index in [0.717, 1.165) is 47.8 Å². The van der Waals surface area contributed by atoms with Gasteiger partial charge in [0.05, 0.1) is 23.8 Å². The molecule has 3 aromatic rings. The van der Waals surface area contributed by atoms with Crippen molar-refractivity contribution < 1.29 is 14.3 Å². The topological polar surface area (TPSA) is 56.6 Å². The third-order valence-corrected chi connectivity index (χ3v) is 6.68. The normalized spacial score (nSPS) is 18.3. The Balaban J connectivity index is 1.31. The quantitative estimate of drug-likeness (QED) is 0.563. The maximum atomic E-state index is 12.8. The van der Waals surface area contributed by atoms with E-state index in [1.54, 1.807) is 17.4 Å². The second kappa shape index (κ2) is 9.18. The number of nitrogens with zero attached hydrogens (tertiary/aromatic N) is 3. The lowest BCUT2D eigenvalue weighted by atomic mass is 9.96. The fourth-order valence-electron chi connectivity index (χ4n) is 4.13. The maximum absolute atomic E-state index is 12.8. The summed E-state index contributed by atoms with van der Waals surface area (Å²) in [7, 11) is 0. The van der Waals surface area contributed by atoms with Crippen molar-refractivity contribution in [1.29, 1.82) is 0 Å². The molecule has 2 fully saturated rings. The number of hydrogen-bond acceptors (Lipinski definition) is 5. The van der Waals surface area contributed by atoms with Gasteiger partial charge in [-0.2, -0.15) is 5.10 Å². The van der Waals surface area contributed by atoms with E-state index in [-0.39, 0.29) is 12.2 Å². The highest BCUT2D eigenvalue weighted by molar-refractivity contribution is 7.13. The number of carbonyl (C=O) groups is 1. The molecule has 2 aromatic heterocycles. The lowest BCUT2D eigenvalue weighted by Crippen LogP contribution is -2.40. The molecule has 0 atom stereocenters. The Bertz CT molecular complexity index is 1030. The Morgan fingerprint density at radius 3 is 2.55 bits per heavy atom. The second-order valence-corrected chi connectivity index (χ2v) is 8.74. The lowest BCUT2D eigenvalue weighted by Gasteiger charge is -2.33. The van der Waals surface area contributed by atoms with Crippen LogP contribution < -0.4 is 0 Å². The summed E-state index contributed by atoms with van der Waals surface area (Å²) in [5.74, 6) is 0.418. The number of amides is 1. The van der Waals surface area contributed by atoms with E-state index in [2.05, 4.69) is 6.07 Å². The SMILES string of the molecule is O=C(/C=C/c1cn(-c2ccccc2)nc1-c1cccs1)N1CCC(C2OCCO2)CC1. The van der Waals surface area contributed by atoms with Crippen LogP contribution in [-0.2, 0) is 14.3 Å². The molecule has 1 aromatic carbocycles. The van der Waals surface area contributed by atoms with Crippen molar-refractivity contribution in [1.82, 2.24) is 14.7 Å². The Morgan fingerprint density at radius 1 is 1.06 bits per heavy atom. The van der Waals surface area contributed by atoms with E-state index in [0.29, 0.717) is 19.1 Å². The summed E-state index contributed by atoms with van der Waals surface area (Å²) in [5, 5.41) is 6.83. The van der Waals surface area contributed by atoms with E-state index in [1.165, 1.54) is 0 Å². The van der Waals surface area contributed by atoms with Crippen molar-refractivity contribution in [2.75, 3.05) is 26.3 Å². The zero-order chi connectivity index (χ0) is 21.0. The van der Waals surface area contributed by atoms with Crippen molar-refractivity contribution in [2.24, 2.45) is 5.92 Å². The van der Waals surface area contributed by atoms with Crippen LogP contribution in [0.4, 0.5) is 0 Å². The molecule has 5 rings (SSSR count). The Kier molecular flexibility index (Phi) is 5.97. The summed E-state index contributed by atoms with van der Waals surface area (Å²) in [4.78, 5) is 15.8. The predicted octanol–water partition coefficient (Wildman–Crippen LogP) is 4.23. The van der Waals surface area contributed by atoms with Gasteiger partial charge in [-0.25, -0.2) is 4.68 Å². The number of thiophene rings is 1. The molecule has 0 spiro atoms. The number of rotatable bonds is 5. The van der Waals surface area contributed by atoms with Crippen LogP contribution in [0.5, 0.6) is 0 Å². The summed E-state index contributed by atoms with van der Waals surface area (Å²) in [6.45, 7) is 2.82. The van der Waals surface area contributed by atoms with Gasteiger partial charge in [0, 0.05) is 36.8 Å². The molecule has 0 N–H and O–H groups in total.